The fraction of sp³-hybridized carbons (Fsp3) is 0.286. The van der Waals surface area contributed by atoms with Crippen LogP contribution in [0.25, 0.3) is 0 Å². The first-order valence-electron chi connectivity index (χ1n) is 8.74. The highest BCUT2D eigenvalue weighted by Crippen LogP contribution is 2.33. The molecule has 4 rings (SSSR count). The smallest absolute Gasteiger partial charge is 0.338 e. The largest absolute Gasteiger partial charge is 0.497 e. The first kappa shape index (κ1) is 17.6. The number of hydrogen-bond acceptors (Lipinski definition) is 6. The molecule has 4 atom stereocenters. The summed E-state index contributed by atoms with van der Waals surface area (Å²) in [5.41, 5.74) is 1.35. The van der Waals surface area contributed by atoms with Gasteiger partial charge in [0, 0.05) is 5.56 Å². The van der Waals surface area contributed by atoms with Crippen LogP contribution >= 0.6 is 0 Å². The summed E-state index contributed by atoms with van der Waals surface area (Å²) < 4.78 is 28.3. The maximum absolute atomic E-state index is 12.4. The minimum Gasteiger partial charge on any atom is -0.497 e. The Hall–Kier alpha value is -2.83. The second kappa shape index (κ2) is 7.82. The minimum absolute atomic E-state index is 0.335. The summed E-state index contributed by atoms with van der Waals surface area (Å²) in [6.07, 6.45) is 1.32. The average Bonchev–Trinajstić information content (AvgIpc) is 2.74. The molecule has 0 N–H and O–H groups in total. The molecule has 0 unspecified atom stereocenters. The SMILES string of the molecule is COc1ccc([C@@H]2OC[C@H]3OC=C[C@@H](OC(=O)c4ccccc4)[C@@H]3O2)cc1. The van der Waals surface area contributed by atoms with E-state index in [9.17, 15) is 4.79 Å². The van der Waals surface area contributed by atoms with Gasteiger partial charge >= 0.3 is 5.97 Å². The lowest BCUT2D eigenvalue weighted by Gasteiger charge is -2.40. The minimum atomic E-state index is -0.565. The Morgan fingerprint density at radius 1 is 1.07 bits per heavy atom. The number of carbonyl (C=O) groups excluding carboxylic acids is 1. The number of fused-ring (bicyclic) bond motifs is 1. The van der Waals surface area contributed by atoms with Gasteiger partial charge in [-0.25, -0.2) is 4.79 Å². The lowest BCUT2D eigenvalue weighted by Crippen LogP contribution is -2.50. The molecular weight excluding hydrogens is 348 g/mol. The highest BCUT2D eigenvalue weighted by Gasteiger charge is 2.42. The topological polar surface area (TPSA) is 63.2 Å². The van der Waals surface area contributed by atoms with Gasteiger partial charge in [0.25, 0.3) is 0 Å². The molecule has 0 aliphatic carbocycles. The van der Waals surface area contributed by atoms with Gasteiger partial charge in [0.15, 0.2) is 18.5 Å². The van der Waals surface area contributed by atoms with Crippen LogP contribution in [0.15, 0.2) is 66.9 Å². The number of esters is 1. The van der Waals surface area contributed by atoms with Crippen molar-refractivity contribution in [3.8, 4) is 5.75 Å². The van der Waals surface area contributed by atoms with E-state index in [4.69, 9.17) is 23.7 Å². The van der Waals surface area contributed by atoms with E-state index in [1.807, 2.05) is 30.3 Å². The molecule has 140 valence electrons. The lowest BCUT2D eigenvalue weighted by molar-refractivity contribution is -0.276. The third kappa shape index (κ3) is 3.82. The van der Waals surface area contributed by atoms with Crippen LogP contribution in [0.3, 0.4) is 0 Å². The molecule has 1 fully saturated rings. The molecule has 0 saturated carbocycles. The van der Waals surface area contributed by atoms with E-state index >= 15 is 0 Å². The number of methoxy groups -OCH3 is 1. The van der Waals surface area contributed by atoms with Gasteiger partial charge in [0.05, 0.1) is 25.5 Å². The summed E-state index contributed by atoms with van der Waals surface area (Å²) in [6, 6.07) is 16.3. The highest BCUT2D eigenvalue weighted by atomic mass is 16.7. The van der Waals surface area contributed by atoms with Gasteiger partial charge in [-0.1, -0.05) is 30.3 Å². The quantitative estimate of drug-likeness (QED) is 0.772. The van der Waals surface area contributed by atoms with Gasteiger partial charge in [-0.05, 0) is 30.3 Å². The van der Waals surface area contributed by atoms with Crippen molar-refractivity contribution >= 4 is 5.97 Å². The molecule has 2 aliphatic rings. The van der Waals surface area contributed by atoms with Crippen molar-refractivity contribution < 1.29 is 28.5 Å². The van der Waals surface area contributed by atoms with Crippen molar-refractivity contribution in [3.05, 3.63) is 78.1 Å². The van der Waals surface area contributed by atoms with Gasteiger partial charge in [0.1, 0.15) is 11.9 Å². The van der Waals surface area contributed by atoms with Crippen LogP contribution in [0, 0.1) is 0 Å². The molecule has 0 radical (unpaired) electrons. The zero-order valence-electron chi connectivity index (χ0n) is 14.8. The first-order valence-corrected chi connectivity index (χ1v) is 8.74. The fourth-order valence-corrected chi connectivity index (χ4v) is 3.09. The standard InChI is InChI=1S/C21H20O6/c1-23-16-9-7-15(8-10-16)21-25-13-18-19(27-21)17(11-12-24-18)26-20(22)14-5-3-2-4-6-14/h2-12,17-19,21H,13H2,1H3/t17-,18-,19+,21-/m1/s1. The summed E-state index contributed by atoms with van der Waals surface area (Å²) in [7, 11) is 1.62. The summed E-state index contributed by atoms with van der Waals surface area (Å²) in [6.45, 7) is 0.338. The van der Waals surface area contributed by atoms with Crippen LogP contribution in [0.4, 0.5) is 0 Å². The number of benzene rings is 2. The number of ether oxygens (including phenoxy) is 5. The Balaban J connectivity index is 1.48. The summed E-state index contributed by atoms with van der Waals surface area (Å²) in [5.74, 6) is 0.355. The van der Waals surface area contributed by atoms with Crippen LogP contribution in [-0.2, 0) is 18.9 Å². The Labute approximate surface area is 157 Å². The number of rotatable bonds is 4. The van der Waals surface area contributed by atoms with Crippen LogP contribution < -0.4 is 4.74 Å². The molecule has 0 amide bonds. The Bertz CT molecular complexity index is 801. The van der Waals surface area contributed by atoms with Crippen molar-refractivity contribution in [1.29, 1.82) is 0 Å². The molecule has 0 bridgehead atoms. The van der Waals surface area contributed by atoms with E-state index in [0.717, 1.165) is 11.3 Å². The highest BCUT2D eigenvalue weighted by molar-refractivity contribution is 5.89. The maximum Gasteiger partial charge on any atom is 0.338 e. The van der Waals surface area contributed by atoms with E-state index in [1.165, 1.54) is 6.26 Å². The van der Waals surface area contributed by atoms with Crippen molar-refractivity contribution in [2.45, 2.75) is 24.6 Å². The Morgan fingerprint density at radius 3 is 2.59 bits per heavy atom. The van der Waals surface area contributed by atoms with Crippen LogP contribution in [0.2, 0.25) is 0 Å². The molecule has 6 heteroatoms. The molecule has 2 aromatic carbocycles. The molecule has 2 aromatic rings. The molecular formula is C21H20O6. The molecule has 2 aliphatic heterocycles. The second-order valence-corrected chi connectivity index (χ2v) is 6.28. The van der Waals surface area contributed by atoms with Crippen LogP contribution in [0.1, 0.15) is 22.2 Å². The van der Waals surface area contributed by atoms with Crippen molar-refractivity contribution in [2.75, 3.05) is 13.7 Å². The van der Waals surface area contributed by atoms with Gasteiger partial charge < -0.3 is 23.7 Å². The zero-order valence-corrected chi connectivity index (χ0v) is 14.8. The molecule has 0 spiro atoms. The molecule has 2 heterocycles. The number of carbonyl (C=O) groups is 1. The third-order valence-corrected chi connectivity index (χ3v) is 4.55. The van der Waals surface area contributed by atoms with Gasteiger partial charge in [0.2, 0.25) is 0 Å². The third-order valence-electron chi connectivity index (χ3n) is 4.55. The van der Waals surface area contributed by atoms with Gasteiger partial charge in [-0.3, -0.25) is 0 Å². The van der Waals surface area contributed by atoms with Crippen LogP contribution in [0.5, 0.6) is 5.75 Å². The average molecular weight is 368 g/mol. The Morgan fingerprint density at radius 2 is 1.85 bits per heavy atom. The molecule has 1 saturated heterocycles. The van der Waals surface area contributed by atoms with E-state index in [2.05, 4.69) is 0 Å². The fourth-order valence-electron chi connectivity index (χ4n) is 3.09. The zero-order chi connectivity index (χ0) is 18.6. The summed E-state index contributed by atoms with van der Waals surface area (Å²) in [5, 5.41) is 0. The second-order valence-electron chi connectivity index (χ2n) is 6.28. The summed E-state index contributed by atoms with van der Waals surface area (Å²) in [4.78, 5) is 12.4. The van der Waals surface area contributed by atoms with E-state index in [0.29, 0.717) is 12.2 Å². The van der Waals surface area contributed by atoms with E-state index in [-0.39, 0.29) is 6.10 Å². The predicted octanol–water partition coefficient (Wildman–Crippen LogP) is 3.25. The Kier molecular flexibility index (Phi) is 5.09. The first-order chi connectivity index (χ1) is 13.2. The van der Waals surface area contributed by atoms with E-state index < -0.39 is 24.5 Å². The van der Waals surface area contributed by atoms with Gasteiger partial charge in [-0.2, -0.15) is 0 Å². The molecule has 27 heavy (non-hydrogen) atoms. The van der Waals surface area contributed by atoms with E-state index in [1.54, 1.807) is 37.5 Å². The predicted molar refractivity (Wildman–Crippen MR) is 96.2 cm³/mol. The summed E-state index contributed by atoms with van der Waals surface area (Å²) >= 11 is 0. The van der Waals surface area contributed by atoms with Crippen molar-refractivity contribution in [3.63, 3.8) is 0 Å². The maximum atomic E-state index is 12.4. The van der Waals surface area contributed by atoms with Crippen molar-refractivity contribution in [2.24, 2.45) is 0 Å². The van der Waals surface area contributed by atoms with Gasteiger partial charge in [-0.15, -0.1) is 0 Å². The monoisotopic (exact) mass is 368 g/mol. The normalized spacial score (nSPS) is 26.6. The number of hydrogen-bond donors (Lipinski definition) is 0. The molecule has 6 nitrogen and oxygen atoms in total. The van der Waals surface area contributed by atoms with Crippen LogP contribution in [-0.4, -0.2) is 38.0 Å². The lowest BCUT2D eigenvalue weighted by atomic mass is 10.0. The van der Waals surface area contributed by atoms with Crippen molar-refractivity contribution in [1.82, 2.24) is 0 Å². The molecule has 0 aromatic heterocycles.